The maximum atomic E-state index is 14.7. The largest absolute Gasteiger partial charge is 0.346 e. The molecule has 1 fully saturated rings. The number of aromatic nitrogens is 7. The van der Waals surface area contributed by atoms with Crippen molar-refractivity contribution >= 4 is 16.9 Å². The van der Waals surface area contributed by atoms with Crippen molar-refractivity contribution in [2.45, 2.75) is 58.0 Å². The number of aromatic amines is 1. The molecule has 0 unspecified atom stereocenters. The summed E-state index contributed by atoms with van der Waals surface area (Å²) in [7, 11) is 0. The number of nitrogens with one attached hydrogen (secondary N) is 2. The van der Waals surface area contributed by atoms with Gasteiger partial charge in [-0.05, 0) is 68.7 Å². The van der Waals surface area contributed by atoms with Crippen LogP contribution in [0.25, 0.3) is 22.2 Å². The van der Waals surface area contributed by atoms with E-state index in [9.17, 15) is 9.18 Å². The molecule has 0 atom stereocenters. The van der Waals surface area contributed by atoms with Gasteiger partial charge in [0.25, 0.3) is 5.91 Å². The molecule has 4 aromatic heterocycles. The number of halogens is 1. The summed E-state index contributed by atoms with van der Waals surface area (Å²) >= 11 is 0. The zero-order chi connectivity index (χ0) is 26.8. The summed E-state index contributed by atoms with van der Waals surface area (Å²) in [4.78, 5) is 20.1. The van der Waals surface area contributed by atoms with Gasteiger partial charge in [0.1, 0.15) is 5.82 Å². The number of fused-ring (bicyclic) bond motifs is 1. The molecule has 4 heterocycles. The SMILES string of the molecule is Cc1ccc(CNC(=O)c2cn(CCCCc3cc4c(-c5ccccc5F)c(C5CC5)[nH]c4nn3)nn2)cn1. The maximum Gasteiger partial charge on any atom is 0.273 e. The number of rotatable bonds is 10. The number of carbonyl (C=O) groups is 1. The Balaban J connectivity index is 1.06. The fourth-order valence-electron chi connectivity index (χ4n) is 4.77. The third kappa shape index (κ3) is 5.55. The van der Waals surface area contributed by atoms with Crippen LogP contribution in [0.1, 0.15) is 64.7 Å². The summed E-state index contributed by atoms with van der Waals surface area (Å²) in [5, 5.41) is 20.7. The first-order valence-electron chi connectivity index (χ1n) is 13.3. The second-order valence-electron chi connectivity index (χ2n) is 10.1. The molecular weight excluding hydrogens is 495 g/mol. The lowest BCUT2D eigenvalue weighted by atomic mass is 9.99. The molecule has 10 heteroatoms. The van der Waals surface area contributed by atoms with Crippen molar-refractivity contribution in [2.24, 2.45) is 0 Å². The van der Waals surface area contributed by atoms with Crippen LogP contribution in [0, 0.1) is 12.7 Å². The van der Waals surface area contributed by atoms with Crippen LogP contribution in [0.3, 0.4) is 0 Å². The fraction of sp³-hybridized carbons (Fsp3) is 0.310. The molecule has 2 N–H and O–H groups in total. The standard InChI is InChI=1S/C29H29FN8O/c1-18-9-10-19(15-31-18)16-32-29(39)25-17-38(37-35-25)13-5-4-6-21-14-23-26(22-7-2-3-8-24(22)30)27(20-11-12-20)33-28(23)36-34-21/h2-3,7-10,14-15,17,20H,4-6,11-13,16H2,1H3,(H,32,39)(H,33,36). The Bertz CT molecular complexity index is 1620. The van der Waals surface area contributed by atoms with Crippen molar-refractivity contribution < 1.29 is 9.18 Å². The summed E-state index contributed by atoms with van der Waals surface area (Å²) < 4.78 is 16.4. The maximum absolute atomic E-state index is 14.7. The summed E-state index contributed by atoms with van der Waals surface area (Å²) in [6, 6.07) is 12.8. The number of hydrogen-bond donors (Lipinski definition) is 2. The van der Waals surface area contributed by atoms with Gasteiger partial charge in [0, 0.05) is 47.2 Å². The molecule has 6 rings (SSSR count). The Morgan fingerprint density at radius 2 is 2.00 bits per heavy atom. The van der Waals surface area contributed by atoms with E-state index in [2.05, 4.69) is 35.8 Å². The second-order valence-corrected chi connectivity index (χ2v) is 10.1. The number of aryl methyl sites for hydroxylation is 3. The number of unbranched alkanes of at least 4 members (excludes halogenated alkanes) is 1. The number of amides is 1. The Labute approximate surface area is 224 Å². The Morgan fingerprint density at radius 3 is 2.79 bits per heavy atom. The first kappa shape index (κ1) is 24.8. The molecule has 39 heavy (non-hydrogen) atoms. The van der Waals surface area contributed by atoms with Crippen LogP contribution in [0.2, 0.25) is 0 Å². The first-order chi connectivity index (χ1) is 19.0. The molecular formula is C29H29FN8O. The number of hydrogen-bond acceptors (Lipinski definition) is 6. The van der Waals surface area contributed by atoms with Gasteiger partial charge in [0.2, 0.25) is 0 Å². The second kappa shape index (κ2) is 10.7. The third-order valence-corrected chi connectivity index (χ3v) is 7.03. The van der Waals surface area contributed by atoms with Crippen molar-refractivity contribution in [3.8, 4) is 11.1 Å². The van der Waals surface area contributed by atoms with Crippen LogP contribution in [-0.4, -0.2) is 41.1 Å². The first-order valence-corrected chi connectivity index (χ1v) is 13.3. The van der Waals surface area contributed by atoms with Gasteiger partial charge in [-0.15, -0.1) is 10.2 Å². The van der Waals surface area contributed by atoms with E-state index in [0.717, 1.165) is 65.7 Å². The normalized spacial score (nSPS) is 13.2. The third-order valence-electron chi connectivity index (χ3n) is 7.03. The number of benzene rings is 1. The average molecular weight is 525 g/mol. The van der Waals surface area contributed by atoms with E-state index >= 15 is 0 Å². The van der Waals surface area contributed by atoms with Crippen molar-refractivity contribution in [1.29, 1.82) is 0 Å². The van der Waals surface area contributed by atoms with E-state index < -0.39 is 0 Å². The smallest absolute Gasteiger partial charge is 0.273 e. The molecule has 0 spiro atoms. The zero-order valence-electron chi connectivity index (χ0n) is 21.7. The summed E-state index contributed by atoms with van der Waals surface area (Å²) in [6.07, 6.45) is 8.04. The molecule has 9 nitrogen and oxygen atoms in total. The highest BCUT2D eigenvalue weighted by molar-refractivity contribution is 5.96. The highest BCUT2D eigenvalue weighted by Gasteiger charge is 2.30. The number of nitrogens with zero attached hydrogens (tertiary/aromatic N) is 6. The van der Waals surface area contributed by atoms with Gasteiger partial charge in [-0.25, -0.2) is 4.39 Å². The van der Waals surface area contributed by atoms with Crippen LogP contribution in [0.5, 0.6) is 0 Å². The van der Waals surface area contributed by atoms with Crippen molar-refractivity contribution in [3.05, 3.63) is 89.0 Å². The minimum Gasteiger partial charge on any atom is -0.346 e. The highest BCUT2D eigenvalue weighted by atomic mass is 19.1. The van der Waals surface area contributed by atoms with E-state index in [1.807, 2.05) is 37.3 Å². The average Bonchev–Trinajstić information content (AvgIpc) is 3.57. The number of H-pyrrole nitrogens is 1. The zero-order valence-corrected chi connectivity index (χ0v) is 21.7. The van der Waals surface area contributed by atoms with Gasteiger partial charge in [-0.1, -0.05) is 29.5 Å². The van der Waals surface area contributed by atoms with Crippen LogP contribution >= 0.6 is 0 Å². The lowest BCUT2D eigenvalue weighted by Crippen LogP contribution is -2.23. The molecule has 1 saturated carbocycles. The van der Waals surface area contributed by atoms with E-state index in [-0.39, 0.29) is 17.4 Å². The summed E-state index contributed by atoms with van der Waals surface area (Å²) in [6.45, 7) is 2.93. The number of pyridine rings is 1. The fourth-order valence-corrected chi connectivity index (χ4v) is 4.77. The molecule has 1 aliphatic carbocycles. The molecule has 0 aliphatic heterocycles. The molecule has 198 valence electrons. The summed E-state index contributed by atoms with van der Waals surface area (Å²) in [5.41, 5.74) is 6.28. The van der Waals surface area contributed by atoms with E-state index in [0.29, 0.717) is 30.2 Å². The summed E-state index contributed by atoms with van der Waals surface area (Å²) in [5.74, 6) is -0.0774. The van der Waals surface area contributed by atoms with Crippen molar-refractivity contribution in [2.75, 3.05) is 0 Å². The highest BCUT2D eigenvalue weighted by Crippen LogP contribution is 2.46. The molecule has 0 radical (unpaired) electrons. The predicted octanol–water partition coefficient (Wildman–Crippen LogP) is 4.89. The van der Waals surface area contributed by atoms with Crippen LogP contribution in [0.15, 0.2) is 54.9 Å². The quantitative estimate of drug-likeness (QED) is 0.252. The Morgan fingerprint density at radius 1 is 1.13 bits per heavy atom. The molecule has 5 aromatic rings. The Kier molecular flexibility index (Phi) is 6.83. The van der Waals surface area contributed by atoms with Gasteiger partial charge >= 0.3 is 0 Å². The van der Waals surface area contributed by atoms with Crippen molar-refractivity contribution in [3.63, 3.8) is 0 Å². The van der Waals surface area contributed by atoms with Gasteiger partial charge in [0.05, 0.1) is 11.9 Å². The predicted molar refractivity (Wildman–Crippen MR) is 144 cm³/mol. The van der Waals surface area contributed by atoms with E-state index in [4.69, 9.17) is 0 Å². The van der Waals surface area contributed by atoms with Crippen LogP contribution in [0.4, 0.5) is 4.39 Å². The Hall–Kier alpha value is -4.47. The van der Waals surface area contributed by atoms with Crippen LogP contribution in [-0.2, 0) is 19.5 Å². The van der Waals surface area contributed by atoms with Gasteiger partial charge in [-0.2, -0.15) is 5.10 Å². The van der Waals surface area contributed by atoms with Gasteiger partial charge in [-0.3, -0.25) is 14.5 Å². The minimum absolute atomic E-state index is 0.230. The topological polar surface area (TPSA) is 114 Å². The lowest BCUT2D eigenvalue weighted by molar-refractivity contribution is 0.0945. The van der Waals surface area contributed by atoms with Gasteiger partial charge in [0.15, 0.2) is 11.3 Å². The van der Waals surface area contributed by atoms with Gasteiger partial charge < -0.3 is 10.3 Å². The molecule has 0 saturated heterocycles. The molecule has 1 amide bonds. The number of carbonyl (C=O) groups excluding carboxylic acids is 1. The minimum atomic E-state index is -0.270. The van der Waals surface area contributed by atoms with Crippen molar-refractivity contribution in [1.82, 2.24) is 40.5 Å². The van der Waals surface area contributed by atoms with E-state index in [1.165, 1.54) is 6.07 Å². The molecule has 1 aliphatic rings. The lowest BCUT2D eigenvalue weighted by Gasteiger charge is -2.06. The molecule has 1 aromatic carbocycles. The van der Waals surface area contributed by atoms with Crippen LogP contribution < -0.4 is 5.32 Å². The van der Waals surface area contributed by atoms with E-state index in [1.54, 1.807) is 23.1 Å². The monoisotopic (exact) mass is 524 g/mol. The molecule has 0 bridgehead atoms.